The molecule has 0 aromatic heterocycles. The van der Waals surface area contributed by atoms with Gasteiger partial charge in [-0.15, -0.1) is 0 Å². The second-order valence-corrected chi connectivity index (χ2v) is 24.2. The Labute approximate surface area is 402 Å². The van der Waals surface area contributed by atoms with Gasteiger partial charge in [-0.2, -0.15) is 0 Å². The standard InChI is InChI=1S/C18H30O2.C14H20O4.C12H22O2.C10H16O5/c1-5-17(3,4)16(19)20-18(6-2)14-8-12-7-13(10-14)11-15(18)9-12;1-4-14(2,3)13(16)18-10-7-5-8-9(6-7)12(15)17-11(8)10;1-5-11(2,3)10(13)14-12(4)8-6-7-9-12;1-4-10(2,3)8(11)13-5-7-6-14-9(12)15-7/h12-15H,5-11H2,1-4H3;7-11H,4-6H2,1-3H3;5-9H2,1-4H3;7H,4-6H2,1-3H3. The number of cyclic esters (lactones) is 2. The molecule has 0 amide bonds. The van der Waals surface area contributed by atoms with E-state index in [9.17, 15) is 28.8 Å². The third-order valence-electron chi connectivity index (χ3n) is 17.8. The predicted octanol–water partition coefficient (Wildman–Crippen LogP) is 11.3. The quantitative estimate of drug-likeness (QED) is 0.119. The summed E-state index contributed by atoms with van der Waals surface area (Å²) in [5.41, 5.74) is -1.92. The Bertz CT molecular complexity index is 1740. The lowest BCUT2D eigenvalue weighted by Gasteiger charge is -2.60. The number of hydrogen-bond acceptors (Lipinski definition) is 13. The molecule has 2 heterocycles. The first-order valence-corrected chi connectivity index (χ1v) is 26.1. The smallest absolute Gasteiger partial charge is 0.461 e. The largest absolute Gasteiger partial charge is 0.508 e. The minimum absolute atomic E-state index is 0.0364. The summed E-state index contributed by atoms with van der Waals surface area (Å²) in [6.45, 7) is 27.9. The summed E-state index contributed by atoms with van der Waals surface area (Å²) < 4.78 is 37.3. The Hall–Kier alpha value is -3.38. The molecule has 9 fully saturated rings. The van der Waals surface area contributed by atoms with Crippen LogP contribution in [0.4, 0.5) is 4.79 Å². The zero-order chi connectivity index (χ0) is 49.9. The van der Waals surface area contributed by atoms with Crippen molar-refractivity contribution < 1.29 is 61.9 Å². The number of fused-ring (bicyclic) bond motifs is 1. The molecule has 6 bridgehead atoms. The van der Waals surface area contributed by atoms with Gasteiger partial charge in [0.15, 0.2) is 6.10 Å². The SMILES string of the molecule is CCC(C)(C)C(=O)OC1(C)CCCC1.CCC(C)(C)C(=O)OC1(CC)C2CC3CC(C2)CC1C3.CCC(C)(C)C(=O)OC1C2CC3C(=O)OC1C3C2.CCC(C)(C)C(=O)OCC1COC(=O)O1. The van der Waals surface area contributed by atoms with Crippen molar-refractivity contribution in [3.05, 3.63) is 0 Å². The molecule has 67 heavy (non-hydrogen) atoms. The van der Waals surface area contributed by atoms with E-state index in [0.717, 1.165) is 63.2 Å². The first kappa shape index (κ1) is 54.6. The highest BCUT2D eigenvalue weighted by molar-refractivity contribution is 5.79. The topological polar surface area (TPSA) is 167 Å². The van der Waals surface area contributed by atoms with Gasteiger partial charge in [0.25, 0.3) is 0 Å². The van der Waals surface area contributed by atoms with Gasteiger partial charge < -0.3 is 33.2 Å². The van der Waals surface area contributed by atoms with Crippen LogP contribution in [-0.2, 0) is 57.1 Å². The molecule has 0 radical (unpaired) electrons. The third-order valence-corrected chi connectivity index (χ3v) is 17.8. The van der Waals surface area contributed by atoms with Crippen LogP contribution in [0.1, 0.15) is 200 Å². The molecular weight excluding hydrogens is 857 g/mol. The van der Waals surface area contributed by atoms with Crippen molar-refractivity contribution in [3.63, 3.8) is 0 Å². The van der Waals surface area contributed by atoms with Crippen molar-refractivity contribution in [2.24, 2.45) is 63.1 Å². The maximum atomic E-state index is 12.6. The van der Waals surface area contributed by atoms with E-state index >= 15 is 0 Å². The maximum absolute atomic E-state index is 12.6. The van der Waals surface area contributed by atoms with Crippen LogP contribution in [0.2, 0.25) is 0 Å². The summed E-state index contributed by atoms with van der Waals surface area (Å²) >= 11 is 0. The molecule has 9 aliphatic rings. The van der Waals surface area contributed by atoms with Gasteiger partial charge in [0.2, 0.25) is 0 Å². The van der Waals surface area contributed by atoms with Crippen molar-refractivity contribution >= 4 is 36.0 Å². The molecule has 13 nitrogen and oxygen atoms in total. The summed E-state index contributed by atoms with van der Waals surface area (Å²) in [7, 11) is 0. The fraction of sp³-hybridized carbons (Fsp3) is 0.889. The van der Waals surface area contributed by atoms with Crippen molar-refractivity contribution in [2.45, 2.75) is 229 Å². The molecule has 9 rings (SSSR count). The Morgan fingerprint density at radius 2 is 1.12 bits per heavy atom. The lowest BCUT2D eigenvalue weighted by Crippen LogP contribution is -2.60. The number of rotatable bonds is 14. The van der Waals surface area contributed by atoms with Crippen molar-refractivity contribution in [1.29, 1.82) is 0 Å². The molecule has 382 valence electrons. The van der Waals surface area contributed by atoms with Gasteiger partial charge in [0, 0.05) is 11.8 Å². The normalized spacial score (nSPS) is 32.8. The van der Waals surface area contributed by atoms with Gasteiger partial charge >= 0.3 is 36.0 Å². The molecule has 6 atom stereocenters. The van der Waals surface area contributed by atoms with Crippen LogP contribution in [0.25, 0.3) is 0 Å². The number of ether oxygens (including phenoxy) is 7. The number of hydrogen-bond donors (Lipinski definition) is 0. The first-order chi connectivity index (χ1) is 31.2. The van der Waals surface area contributed by atoms with E-state index < -0.39 is 23.1 Å². The van der Waals surface area contributed by atoms with E-state index in [1.54, 1.807) is 0 Å². The molecular formula is C54H88O13. The van der Waals surface area contributed by atoms with Gasteiger partial charge in [-0.25, -0.2) is 4.79 Å². The number of carbonyl (C=O) groups is 6. The highest BCUT2D eigenvalue weighted by atomic mass is 16.8. The zero-order valence-electron chi connectivity index (χ0n) is 43.8. The fourth-order valence-corrected chi connectivity index (χ4v) is 11.4. The fourth-order valence-electron chi connectivity index (χ4n) is 11.4. The van der Waals surface area contributed by atoms with Crippen LogP contribution in [0.5, 0.6) is 0 Å². The van der Waals surface area contributed by atoms with Crippen LogP contribution >= 0.6 is 0 Å². The molecule has 0 aromatic carbocycles. The summed E-state index contributed by atoms with van der Waals surface area (Å²) in [6.07, 6.45) is 15.5. The first-order valence-electron chi connectivity index (χ1n) is 26.1. The number of carbonyl (C=O) groups excluding carboxylic acids is 6. The molecule has 0 aromatic rings. The Balaban J connectivity index is 0.000000169. The second kappa shape index (κ2) is 21.3. The summed E-state index contributed by atoms with van der Waals surface area (Å²) in [4.78, 5) is 70.3. The highest BCUT2D eigenvalue weighted by Gasteiger charge is 2.64. The lowest BCUT2D eigenvalue weighted by atomic mass is 9.49. The molecule has 7 saturated carbocycles. The molecule has 7 aliphatic carbocycles. The predicted molar refractivity (Wildman–Crippen MR) is 252 cm³/mol. The van der Waals surface area contributed by atoms with E-state index in [4.69, 9.17) is 28.4 Å². The minimum atomic E-state index is -0.703. The van der Waals surface area contributed by atoms with Crippen molar-refractivity contribution in [3.8, 4) is 0 Å². The molecule has 2 saturated heterocycles. The van der Waals surface area contributed by atoms with Crippen LogP contribution < -0.4 is 0 Å². The second-order valence-electron chi connectivity index (χ2n) is 24.2. The Morgan fingerprint density at radius 3 is 1.60 bits per heavy atom. The zero-order valence-corrected chi connectivity index (χ0v) is 43.8. The summed E-state index contributed by atoms with van der Waals surface area (Å²) in [5.74, 6) is 3.30. The van der Waals surface area contributed by atoms with Crippen LogP contribution in [0.15, 0.2) is 0 Å². The average Bonchev–Trinajstić information content (AvgIpc) is 4.12. The lowest BCUT2D eigenvalue weighted by molar-refractivity contribution is -0.218. The maximum Gasteiger partial charge on any atom is 0.508 e. The van der Waals surface area contributed by atoms with Crippen molar-refractivity contribution in [1.82, 2.24) is 0 Å². The van der Waals surface area contributed by atoms with E-state index in [1.165, 1.54) is 44.9 Å². The van der Waals surface area contributed by atoms with Crippen LogP contribution in [-0.4, -0.2) is 78.7 Å². The van der Waals surface area contributed by atoms with Gasteiger partial charge in [0.1, 0.15) is 36.6 Å². The van der Waals surface area contributed by atoms with Gasteiger partial charge in [-0.1, -0.05) is 34.6 Å². The molecule has 2 aliphatic heterocycles. The van der Waals surface area contributed by atoms with E-state index in [2.05, 4.69) is 25.5 Å². The van der Waals surface area contributed by atoms with E-state index in [0.29, 0.717) is 30.1 Å². The molecule has 0 N–H and O–H groups in total. The summed E-state index contributed by atoms with van der Waals surface area (Å²) in [5, 5.41) is 0. The van der Waals surface area contributed by atoms with Crippen LogP contribution in [0, 0.1) is 63.1 Å². The third kappa shape index (κ3) is 12.3. The molecule has 13 heteroatoms. The minimum Gasteiger partial charge on any atom is -0.461 e. The molecule has 6 unspecified atom stereocenters. The van der Waals surface area contributed by atoms with Crippen LogP contribution in [0.3, 0.4) is 0 Å². The van der Waals surface area contributed by atoms with Gasteiger partial charge in [-0.3, -0.25) is 24.0 Å². The monoisotopic (exact) mass is 945 g/mol. The highest BCUT2D eigenvalue weighted by Crippen LogP contribution is 2.61. The summed E-state index contributed by atoms with van der Waals surface area (Å²) in [6, 6.07) is 0. The van der Waals surface area contributed by atoms with Crippen molar-refractivity contribution in [2.75, 3.05) is 13.2 Å². The van der Waals surface area contributed by atoms with E-state index in [1.807, 2.05) is 76.2 Å². The van der Waals surface area contributed by atoms with Gasteiger partial charge in [-0.05, 0) is 189 Å². The Kier molecular flexibility index (Phi) is 17.4. The Morgan fingerprint density at radius 1 is 0.627 bits per heavy atom. The molecule has 0 spiro atoms. The number of esters is 5. The van der Waals surface area contributed by atoms with Gasteiger partial charge in [0.05, 0.1) is 27.6 Å². The van der Waals surface area contributed by atoms with E-state index in [-0.39, 0.29) is 83.2 Å². The average molecular weight is 945 g/mol.